The average Bonchev–Trinajstić information content (AvgIpc) is 2.89. The maximum absolute atomic E-state index is 11.3. The number of rotatable bonds is 5. The van der Waals surface area contributed by atoms with E-state index in [9.17, 15) is 14.9 Å². The summed E-state index contributed by atoms with van der Waals surface area (Å²) in [5, 5.41) is 14.3. The maximum atomic E-state index is 11.3. The molecule has 1 saturated heterocycles. The predicted molar refractivity (Wildman–Crippen MR) is 59.3 cm³/mol. The van der Waals surface area contributed by atoms with E-state index in [0.717, 1.165) is 19.4 Å². The molecule has 0 spiro atoms. The third kappa shape index (κ3) is 2.80. The number of carbonyl (C=O) groups is 1. The number of amides is 1. The van der Waals surface area contributed by atoms with Gasteiger partial charge in [-0.3, -0.25) is 19.6 Å². The molecule has 1 aliphatic heterocycles. The molecule has 0 radical (unpaired) electrons. The van der Waals surface area contributed by atoms with Crippen molar-refractivity contribution in [1.29, 1.82) is 0 Å². The van der Waals surface area contributed by atoms with Crippen molar-refractivity contribution in [3.63, 3.8) is 0 Å². The van der Waals surface area contributed by atoms with Crippen molar-refractivity contribution in [2.24, 2.45) is 0 Å². The molecule has 0 aromatic carbocycles. The molecule has 0 N–H and O–H groups in total. The van der Waals surface area contributed by atoms with Crippen LogP contribution >= 0.6 is 0 Å². The molecule has 0 saturated carbocycles. The van der Waals surface area contributed by atoms with Crippen LogP contribution in [0.25, 0.3) is 0 Å². The van der Waals surface area contributed by atoms with Gasteiger partial charge in [-0.05, 0) is 12.8 Å². The Hall–Kier alpha value is -1.92. The molecule has 7 heteroatoms. The van der Waals surface area contributed by atoms with Crippen LogP contribution in [0.4, 0.5) is 5.69 Å². The number of carbonyl (C=O) groups excluding carboxylic acids is 1. The second-order valence-electron chi connectivity index (χ2n) is 4.06. The summed E-state index contributed by atoms with van der Waals surface area (Å²) in [5.41, 5.74) is 0.00208. The van der Waals surface area contributed by atoms with Crippen molar-refractivity contribution in [2.75, 3.05) is 13.1 Å². The summed E-state index contributed by atoms with van der Waals surface area (Å²) in [6, 6.07) is 0. The summed E-state index contributed by atoms with van der Waals surface area (Å²) in [6.07, 6.45) is 5.00. The van der Waals surface area contributed by atoms with Gasteiger partial charge in [-0.1, -0.05) is 0 Å². The van der Waals surface area contributed by atoms with E-state index < -0.39 is 4.92 Å². The third-order valence-electron chi connectivity index (χ3n) is 2.82. The van der Waals surface area contributed by atoms with Crippen LogP contribution in [-0.4, -0.2) is 38.6 Å². The lowest BCUT2D eigenvalue weighted by Gasteiger charge is -2.14. The summed E-state index contributed by atoms with van der Waals surface area (Å²) in [4.78, 5) is 23.1. The number of nitrogens with zero attached hydrogens (tertiary/aromatic N) is 4. The maximum Gasteiger partial charge on any atom is 0.306 e. The molecule has 0 unspecified atom stereocenters. The highest BCUT2D eigenvalue weighted by molar-refractivity contribution is 5.77. The molecular weight excluding hydrogens is 224 g/mol. The van der Waals surface area contributed by atoms with Crippen LogP contribution in [0.1, 0.15) is 19.3 Å². The Kier molecular flexibility index (Phi) is 3.36. The highest BCUT2D eigenvalue weighted by Crippen LogP contribution is 2.11. The van der Waals surface area contributed by atoms with E-state index in [-0.39, 0.29) is 11.6 Å². The van der Waals surface area contributed by atoms with Crippen molar-refractivity contribution in [1.82, 2.24) is 14.7 Å². The Morgan fingerprint density at radius 1 is 1.47 bits per heavy atom. The van der Waals surface area contributed by atoms with E-state index in [0.29, 0.717) is 19.5 Å². The van der Waals surface area contributed by atoms with Gasteiger partial charge in [0.2, 0.25) is 5.91 Å². The Balaban J connectivity index is 1.77. The van der Waals surface area contributed by atoms with E-state index >= 15 is 0 Å². The van der Waals surface area contributed by atoms with Gasteiger partial charge in [0.15, 0.2) is 0 Å². The van der Waals surface area contributed by atoms with Gasteiger partial charge >= 0.3 is 5.69 Å². The van der Waals surface area contributed by atoms with Gasteiger partial charge < -0.3 is 4.90 Å². The molecule has 1 amide bonds. The number of aryl methyl sites for hydroxylation is 1. The number of hydrogen-bond acceptors (Lipinski definition) is 4. The molecule has 0 bridgehead atoms. The molecular formula is C10H14N4O3. The van der Waals surface area contributed by atoms with E-state index in [1.165, 1.54) is 12.4 Å². The summed E-state index contributed by atoms with van der Waals surface area (Å²) in [6.45, 7) is 2.13. The van der Waals surface area contributed by atoms with Gasteiger partial charge in [-0.2, -0.15) is 5.10 Å². The third-order valence-corrected chi connectivity index (χ3v) is 2.82. The van der Waals surface area contributed by atoms with E-state index in [1.807, 2.05) is 4.90 Å². The topological polar surface area (TPSA) is 81.3 Å². The second-order valence-corrected chi connectivity index (χ2v) is 4.06. The van der Waals surface area contributed by atoms with Crippen LogP contribution in [0, 0.1) is 10.1 Å². The Morgan fingerprint density at radius 2 is 2.29 bits per heavy atom. The smallest absolute Gasteiger partial charge is 0.306 e. The fraction of sp³-hybridized carbons (Fsp3) is 0.600. The quantitative estimate of drug-likeness (QED) is 0.561. The van der Waals surface area contributed by atoms with Gasteiger partial charge in [0.05, 0.1) is 4.92 Å². The van der Waals surface area contributed by atoms with Crippen LogP contribution in [0.5, 0.6) is 0 Å². The molecule has 0 atom stereocenters. The zero-order valence-electron chi connectivity index (χ0n) is 9.41. The molecule has 2 rings (SSSR count). The SMILES string of the molecule is O=C1CCCN1CCCn1cc([N+](=O)[O-])cn1. The number of aromatic nitrogens is 2. The molecule has 7 nitrogen and oxygen atoms in total. The van der Waals surface area contributed by atoms with Crippen LogP contribution < -0.4 is 0 Å². The molecule has 2 heterocycles. The first-order valence-corrected chi connectivity index (χ1v) is 5.61. The van der Waals surface area contributed by atoms with Crippen molar-refractivity contribution in [2.45, 2.75) is 25.8 Å². The minimum Gasteiger partial charge on any atom is -0.343 e. The van der Waals surface area contributed by atoms with Crippen LogP contribution in [0.15, 0.2) is 12.4 Å². The lowest BCUT2D eigenvalue weighted by atomic mass is 10.4. The minimum absolute atomic E-state index is 0.00208. The minimum atomic E-state index is -0.465. The molecule has 17 heavy (non-hydrogen) atoms. The van der Waals surface area contributed by atoms with Crippen LogP contribution in [0.2, 0.25) is 0 Å². The Labute approximate surface area is 98.2 Å². The normalized spacial score (nSPS) is 15.5. The lowest BCUT2D eigenvalue weighted by molar-refractivity contribution is -0.385. The monoisotopic (exact) mass is 238 g/mol. The van der Waals surface area contributed by atoms with E-state index in [4.69, 9.17) is 0 Å². The molecule has 92 valence electrons. The lowest BCUT2D eigenvalue weighted by Crippen LogP contribution is -2.26. The summed E-state index contributed by atoms with van der Waals surface area (Å²) in [5.74, 6) is 0.205. The number of nitro groups is 1. The van der Waals surface area contributed by atoms with Crippen molar-refractivity contribution in [3.05, 3.63) is 22.5 Å². The van der Waals surface area contributed by atoms with Gasteiger partial charge in [0.1, 0.15) is 12.4 Å². The summed E-state index contributed by atoms with van der Waals surface area (Å²) in [7, 11) is 0. The average molecular weight is 238 g/mol. The standard InChI is InChI=1S/C10H14N4O3/c15-10-3-1-4-12(10)5-2-6-13-8-9(7-11-13)14(16)17/h7-8H,1-6H2. The van der Waals surface area contributed by atoms with Crippen LogP contribution in [0.3, 0.4) is 0 Å². The van der Waals surface area contributed by atoms with Gasteiger partial charge in [-0.15, -0.1) is 0 Å². The molecule has 1 fully saturated rings. The molecule has 1 aromatic rings. The fourth-order valence-electron chi connectivity index (χ4n) is 1.93. The summed E-state index contributed by atoms with van der Waals surface area (Å²) < 4.78 is 1.54. The Bertz CT molecular complexity index is 429. The van der Waals surface area contributed by atoms with Crippen LogP contribution in [-0.2, 0) is 11.3 Å². The summed E-state index contributed by atoms with van der Waals surface area (Å²) >= 11 is 0. The zero-order valence-corrected chi connectivity index (χ0v) is 9.41. The first-order valence-electron chi connectivity index (χ1n) is 5.61. The molecule has 1 aliphatic rings. The number of likely N-dealkylation sites (tertiary alicyclic amines) is 1. The first-order chi connectivity index (χ1) is 8.16. The molecule has 1 aromatic heterocycles. The molecule has 0 aliphatic carbocycles. The number of hydrogen-bond donors (Lipinski definition) is 0. The first kappa shape index (κ1) is 11.6. The fourth-order valence-corrected chi connectivity index (χ4v) is 1.93. The van der Waals surface area contributed by atoms with Gasteiger partial charge in [0, 0.05) is 26.1 Å². The largest absolute Gasteiger partial charge is 0.343 e. The van der Waals surface area contributed by atoms with Crippen molar-refractivity contribution in [3.8, 4) is 0 Å². The predicted octanol–water partition coefficient (Wildman–Crippen LogP) is 0.804. The highest BCUT2D eigenvalue weighted by atomic mass is 16.6. The van der Waals surface area contributed by atoms with Gasteiger partial charge in [-0.25, -0.2) is 0 Å². The van der Waals surface area contributed by atoms with Crippen molar-refractivity contribution >= 4 is 11.6 Å². The van der Waals surface area contributed by atoms with Gasteiger partial charge in [0.25, 0.3) is 0 Å². The van der Waals surface area contributed by atoms with E-state index in [2.05, 4.69) is 5.10 Å². The highest BCUT2D eigenvalue weighted by Gasteiger charge is 2.19. The second kappa shape index (κ2) is 4.94. The zero-order chi connectivity index (χ0) is 12.3. The Morgan fingerprint density at radius 3 is 2.88 bits per heavy atom. The van der Waals surface area contributed by atoms with E-state index in [1.54, 1.807) is 4.68 Å². The van der Waals surface area contributed by atoms with Crippen molar-refractivity contribution < 1.29 is 9.72 Å².